The molecule has 0 atom stereocenters. The van der Waals surface area contributed by atoms with E-state index in [1.54, 1.807) is 13.3 Å². The zero-order valence-electron chi connectivity index (χ0n) is 9.36. The fourth-order valence-electron chi connectivity index (χ4n) is 1.48. The van der Waals surface area contributed by atoms with Crippen molar-refractivity contribution in [1.82, 2.24) is 10.3 Å². The van der Waals surface area contributed by atoms with Gasteiger partial charge in [-0.1, -0.05) is 0 Å². The van der Waals surface area contributed by atoms with Crippen LogP contribution in [0.2, 0.25) is 0 Å². The molecule has 0 unspecified atom stereocenters. The molecule has 1 N–H and O–H groups in total. The Balaban J connectivity index is 2.27. The first kappa shape index (κ1) is 10.7. The van der Waals surface area contributed by atoms with Gasteiger partial charge in [-0.05, 0) is 25.2 Å². The van der Waals surface area contributed by atoms with E-state index in [4.69, 9.17) is 9.15 Å². The Morgan fingerprint density at radius 2 is 2.25 bits per heavy atom. The minimum atomic E-state index is 0.587. The lowest BCUT2D eigenvalue weighted by molar-refractivity contribution is 0.398. The van der Waals surface area contributed by atoms with E-state index in [0.29, 0.717) is 5.88 Å². The molecule has 0 saturated carbocycles. The highest BCUT2D eigenvalue weighted by atomic mass is 16.5. The molecule has 0 aliphatic carbocycles. The maximum absolute atomic E-state index is 5.66. The van der Waals surface area contributed by atoms with Gasteiger partial charge in [-0.3, -0.25) is 0 Å². The minimum Gasteiger partial charge on any atom is -0.481 e. The van der Waals surface area contributed by atoms with Gasteiger partial charge in [0.05, 0.1) is 13.7 Å². The standard InChI is InChI=1S/C12H14N2O2/c1-13-8-10-3-4-11(16-10)9-5-6-14-12(7-9)15-2/h3-7,13H,8H2,1-2H3. The molecule has 0 amide bonds. The number of furan rings is 1. The first-order valence-electron chi connectivity index (χ1n) is 5.07. The van der Waals surface area contributed by atoms with Crippen LogP contribution in [0.5, 0.6) is 5.88 Å². The van der Waals surface area contributed by atoms with Gasteiger partial charge in [0.1, 0.15) is 11.5 Å². The molecule has 0 aliphatic heterocycles. The van der Waals surface area contributed by atoms with E-state index >= 15 is 0 Å². The Labute approximate surface area is 94.3 Å². The van der Waals surface area contributed by atoms with Crippen LogP contribution >= 0.6 is 0 Å². The molecule has 4 heteroatoms. The lowest BCUT2D eigenvalue weighted by atomic mass is 10.2. The Hall–Kier alpha value is -1.81. The highest BCUT2D eigenvalue weighted by Crippen LogP contribution is 2.24. The van der Waals surface area contributed by atoms with Gasteiger partial charge < -0.3 is 14.5 Å². The SMILES string of the molecule is CNCc1ccc(-c2ccnc(OC)c2)o1. The van der Waals surface area contributed by atoms with Gasteiger partial charge in [-0.25, -0.2) is 4.98 Å². The van der Waals surface area contributed by atoms with Crippen molar-refractivity contribution in [2.24, 2.45) is 0 Å². The van der Waals surface area contributed by atoms with Gasteiger partial charge in [0.15, 0.2) is 0 Å². The van der Waals surface area contributed by atoms with E-state index in [1.165, 1.54) is 0 Å². The van der Waals surface area contributed by atoms with Gasteiger partial charge in [-0.15, -0.1) is 0 Å². The number of hydrogen-bond acceptors (Lipinski definition) is 4. The van der Waals surface area contributed by atoms with Gasteiger partial charge in [0.2, 0.25) is 5.88 Å². The summed E-state index contributed by atoms with van der Waals surface area (Å²) < 4.78 is 10.7. The second kappa shape index (κ2) is 4.81. The molecule has 84 valence electrons. The second-order valence-electron chi connectivity index (χ2n) is 3.38. The lowest BCUT2D eigenvalue weighted by Crippen LogP contribution is -2.03. The topological polar surface area (TPSA) is 47.3 Å². The molecule has 2 heterocycles. The van der Waals surface area contributed by atoms with Gasteiger partial charge in [-0.2, -0.15) is 0 Å². The van der Waals surface area contributed by atoms with Crippen molar-refractivity contribution in [1.29, 1.82) is 0 Å². The first-order valence-corrected chi connectivity index (χ1v) is 5.07. The first-order chi connectivity index (χ1) is 7.83. The fourth-order valence-corrected chi connectivity index (χ4v) is 1.48. The summed E-state index contributed by atoms with van der Waals surface area (Å²) in [6, 6.07) is 7.65. The summed E-state index contributed by atoms with van der Waals surface area (Å²) in [6.45, 7) is 0.724. The molecule has 0 spiro atoms. The van der Waals surface area contributed by atoms with E-state index in [-0.39, 0.29) is 0 Å². The molecular weight excluding hydrogens is 204 g/mol. The molecule has 0 aromatic carbocycles. The molecule has 2 rings (SSSR count). The van der Waals surface area contributed by atoms with Crippen LogP contribution < -0.4 is 10.1 Å². The molecule has 0 radical (unpaired) electrons. The second-order valence-corrected chi connectivity index (χ2v) is 3.38. The molecule has 0 aliphatic rings. The van der Waals surface area contributed by atoms with Crippen LogP contribution in [0.1, 0.15) is 5.76 Å². The zero-order chi connectivity index (χ0) is 11.4. The quantitative estimate of drug-likeness (QED) is 0.853. The van der Waals surface area contributed by atoms with E-state index in [9.17, 15) is 0 Å². The molecule has 0 fully saturated rings. The maximum atomic E-state index is 5.66. The normalized spacial score (nSPS) is 10.4. The maximum Gasteiger partial charge on any atom is 0.213 e. The van der Waals surface area contributed by atoms with Gasteiger partial charge in [0.25, 0.3) is 0 Å². The summed E-state index contributed by atoms with van der Waals surface area (Å²) >= 11 is 0. The molecule has 2 aromatic rings. The van der Waals surface area contributed by atoms with Crippen LogP contribution in [-0.2, 0) is 6.54 Å². The Morgan fingerprint density at radius 3 is 3.00 bits per heavy atom. The van der Waals surface area contributed by atoms with Crippen molar-refractivity contribution in [3.05, 3.63) is 36.2 Å². The van der Waals surface area contributed by atoms with Crippen LogP contribution in [0.15, 0.2) is 34.9 Å². The number of rotatable bonds is 4. The van der Waals surface area contributed by atoms with Crippen LogP contribution in [0.4, 0.5) is 0 Å². The molecular formula is C12H14N2O2. The monoisotopic (exact) mass is 218 g/mol. The number of nitrogens with zero attached hydrogens (tertiary/aromatic N) is 1. The number of aromatic nitrogens is 1. The summed E-state index contributed by atoms with van der Waals surface area (Å²) in [5.41, 5.74) is 0.967. The van der Waals surface area contributed by atoms with Crippen molar-refractivity contribution < 1.29 is 9.15 Å². The smallest absolute Gasteiger partial charge is 0.213 e. The lowest BCUT2D eigenvalue weighted by Gasteiger charge is -2.00. The largest absolute Gasteiger partial charge is 0.481 e. The summed E-state index contributed by atoms with van der Waals surface area (Å²) in [5.74, 6) is 2.32. The van der Waals surface area contributed by atoms with Crippen LogP contribution in [0, 0.1) is 0 Å². The van der Waals surface area contributed by atoms with Crippen LogP contribution in [0.3, 0.4) is 0 Å². The third-order valence-corrected chi connectivity index (χ3v) is 2.24. The van der Waals surface area contributed by atoms with Crippen LogP contribution in [0.25, 0.3) is 11.3 Å². The van der Waals surface area contributed by atoms with Gasteiger partial charge >= 0.3 is 0 Å². The van der Waals surface area contributed by atoms with E-state index < -0.39 is 0 Å². The Morgan fingerprint density at radius 1 is 1.38 bits per heavy atom. The molecule has 2 aromatic heterocycles. The number of nitrogens with one attached hydrogen (secondary N) is 1. The average molecular weight is 218 g/mol. The van der Waals surface area contributed by atoms with Crippen molar-refractivity contribution in [2.75, 3.05) is 14.2 Å². The van der Waals surface area contributed by atoms with Crippen molar-refractivity contribution >= 4 is 0 Å². The van der Waals surface area contributed by atoms with Crippen molar-refractivity contribution in [3.63, 3.8) is 0 Å². The number of methoxy groups -OCH3 is 1. The minimum absolute atomic E-state index is 0.587. The number of pyridine rings is 1. The third-order valence-electron chi connectivity index (χ3n) is 2.24. The molecule has 16 heavy (non-hydrogen) atoms. The zero-order valence-corrected chi connectivity index (χ0v) is 9.36. The summed E-state index contributed by atoms with van der Waals surface area (Å²) in [4.78, 5) is 4.05. The predicted molar refractivity (Wildman–Crippen MR) is 61.3 cm³/mol. The third kappa shape index (κ3) is 2.23. The highest BCUT2D eigenvalue weighted by molar-refractivity contribution is 5.58. The van der Waals surface area contributed by atoms with Crippen molar-refractivity contribution in [3.8, 4) is 17.2 Å². The average Bonchev–Trinajstić information content (AvgIpc) is 2.78. The van der Waals surface area contributed by atoms with Crippen LogP contribution in [-0.4, -0.2) is 19.1 Å². The fraction of sp³-hybridized carbons (Fsp3) is 0.250. The number of ether oxygens (including phenoxy) is 1. The highest BCUT2D eigenvalue weighted by Gasteiger charge is 2.05. The molecule has 0 saturated heterocycles. The van der Waals surface area contributed by atoms with E-state index in [2.05, 4.69) is 10.3 Å². The summed E-state index contributed by atoms with van der Waals surface area (Å²) in [5, 5.41) is 3.04. The summed E-state index contributed by atoms with van der Waals surface area (Å²) in [7, 11) is 3.48. The Bertz CT molecular complexity index is 466. The summed E-state index contributed by atoms with van der Waals surface area (Å²) in [6.07, 6.45) is 1.70. The van der Waals surface area contributed by atoms with Gasteiger partial charge in [0, 0.05) is 17.8 Å². The van der Waals surface area contributed by atoms with Crippen molar-refractivity contribution in [2.45, 2.75) is 6.54 Å². The van der Waals surface area contributed by atoms with E-state index in [0.717, 1.165) is 23.6 Å². The molecule has 0 bridgehead atoms. The number of hydrogen-bond donors (Lipinski definition) is 1. The molecule has 4 nitrogen and oxygen atoms in total. The van der Waals surface area contributed by atoms with E-state index in [1.807, 2.05) is 31.3 Å². The predicted octanol–water partition coefficient (Wildman–Crippen LogP) is 2.07. The Kier molecular flexibility index (Phi) is 3.22.